The molecule has 0 radical (unpaired) electrons. The number of hydrogen-bond acceptors (Lipinski definition) is 4. The van der Waals surface area contributed by atoms with Crippen molar-refractivity contribution in [3.8, 4) is 0 Å². The summed E-state index contributed by atoms with van der Waals surface area (Å²) in [6.45, 7) is 3.94. The van der Waals surface area contributed by atoms with Crippen molar-refractivity contribution in [1.29, 1.82) is 0 Å². The summed E-state index contributed by atoms with van der Waals surface area (Å²) < 4.78 is 7.78. The quantitative estimate of drug-likeness (QED) is 0.577. The molecule has 11 heavy (non-hydrogen) atoms. The second-order valence-electron chi connectivity index (χ2n) is 2.87. The molecule has 2 fully saturated rings. The zero-order chi connectivity index (χ0) is 7.52. The molecule has 2 saturated heterocycles. The lowest BCUT2D eigenvalue weighted by molar-refractivity contribution is 0.0435. The van der Waals surface area contributed by atoms with Crippen LogP contribution in [0.1, 0.15) is 6.42 Å². The summed E-state index contributed by atoms with van der Waals surface area (Å²) in [7, 11) is 0. The van der Waals surface area contributed by atoms with Gasteiger partial charge in [-0.15, -0.1) is 0 Å². The third-order valence-electron chi connectivity index (χ3n) is 2.03. The van der Waals surface area contributed by atoms with E-state index in [0.29, 0.717) is 6.17 Å². The van der Waals surface area contributed by atoms with Crippen LogP contribution in [0.3, 0.4) is 0 Å². The molecule has 1 atom stereocenters. The monoisotopic (exact) mass is 174 g/mol. The van der Waals surface area contributed by atoms with Crippen LogP contribution in [0, 0.1) is 0 Å². The first-order chi connectivity index (χ1) is 5.47. The van der Waals surface area contributed by atoms with Crippen LogP contribution in [0.25, 0.3) is 0 Å². The van der Waals surface area contributed by atoms with E-state index in [9.17, 15) is 0 Å². The Hall–Kier alpha value is 0.230. The van der Waals surface area contributed by atoms with E-state index >= 15 is 0 Å². The summed E-state index contributed by atoms with van der Waals surface area (Å²) in [5.74, 6) is 1.28. The van der Waals surface area contributed by atoms with Gasteiger partial charge in [0.1, 0.15) is 0 Å². The van der Waals surface area contributed by atoms with Crippen LogP contribution in [0.5, 0.6) is 0 Å². The van der Waals surface area contributed by atoms with Gasteiger partial charge < -0.3 is 4.74 Å². The van der Waals surface area contributed by atoms with Crippen molar-refractivity contribution in [1.82, 2.24) is 9.62 Å². The van der Waals surface area contributed by atoms with Gasteiger partial charge in [0.15, 0.2) is 0 Å². The topological polar surface area (TPSA) is 24.5 Å². The number of hydrogen-bond donors (Lipinski definition) is 1. The van der Waals surface area contributed by atoms with Crippen molar-refractivity contribution >= 4 is 11.9 Å². The first-order valence-corrected chi connectivity index (χ1v) is 5.12. The fourth-order valence-electron chi connectivity index (χ4n) is 1.45. The lowest BCUT2D eigenvalue weighted by Crippen LogP contribution is -2.49. The smallest absolute Gasteiger partial charge is 0.0933 e. The average molecular weight is 174 g/mol. The summed E-state index contributed by atoms with van der Waals surface area (Å²) in [6.07, 6.45) is 1.79. The summed E-state index contributed by atoms with van der Waals surface area (Å²) in [6, 6.07) is 0. The van der Waals surface area contributed by atoms with Crippen LogP contribution in [0.2, 0.25) is 0 Å². The Balaban J connectivity index is 1.82. The molecule has 0 aromatic rings. The highest BCUT2D eigenvalue weighted by atomic mass is 32.2. The molecule has 1 unspecified atom stereocenters. The van der Waals surface area contributed by atoms with Crippen LogP contribution in [-0.2, 0) is 4.74 Å². The molecular weight excluding hydrogens is 160 g/mol. The zero-order valence-electron chi connectivity index (χ0n) is 6.58. The van der Waals surface area contributed by atoms with E-state index < -0.39 is 0 Å². The number of ether oxygens (including phenoxy) is 1. The van der Waals surface area contributed by atoms with Crippen LogP contribution in [0.4, 0.5) is 0 Å². The molecule has 2 aliphatic rings. The Morgan fingerprint density at radius 3 is 3.18 bits per heavy atom. The maximum atomic E-state index is 5.38. The van der Waals surface area contributed by atoms with Crippen LogP contribution >= 0.6 is 11.9 Å². The average Bonchev–Trinajstić information content (AvgIpc) is 2.58. The van der Waals surface area contributed by atoms with Crippen molar-refractivity contribution in [2.75, 3.05) is 32.1 Å². The Bertz CT molecular complexity index is 122. The summed E-state index contributed by atoms with van der Waals surface area (Å²) in [5.41, 5.74) is 0. The normalized spacial score (nSPS) is 34.4. The molecule has 0 amide bonds. The van der Waals surface area contributed by atoms with Gasteiger partial charge in [-0.2, -0.15) is 0 Å². The van der Waals surface area contributed by atoms with Gasteiger partial charge in [0.05, 0.1) is 19.4 Å². The molecule has 2 heterocycles. The Morgan fingerprint density at radius 2 is 2.55 bits per heavy atom. The van der Waals surface area contributed by atoms with E-state index in [2.05, 4.69) is 9.62 Å². The van der Waals surface area contributed by atoms with E-state index in [0.717, 1.165) is 19.8 Å². The maximum absolute atomic E-state index is 5.38. The zero-order valence-corrected chi connectivity index (χ0v) is 7.40. The molecule has 0 aromatic heterocycles. The van der Waals surface area contributed by atoms with Gasteiger partial charge in [-0.1, -0.05) is 11.9 Å². The lowest BCUT2D eigenvalue weighted by Gasteiger charge is -2.30. The fraction of sp³-hybridized carbons (Fsp3) is 1.00. The Labute approximate surface area is 71.6 Å². The largest absolute Gasteiger partial charge is 0.377 e. The second-order valence-corrected chi connectivity index (χ2v) is 4.01. The summed E-state index contributed by atoms with van der Waals surface area (Å²) in [5, 5.41) is 3.44. The molecular formula is C7H14N2OS. The lowest BCUT2D eigenvalue weighted by atomic mass is 10.4. The van der Waals surface area contributed by atoms with Gasteiger partial charge in [0.25, 0.3) is 0 Å². The minimum atomic E-state index is 0.469. The van der Waals surface area contributed by atoms with Crippen LogP contribution in [-0.4, -0.2) is 42.5 Å². The van der Waals surface area contributed by atoms with Crippen molar-refractivity contribution < 1.29 is 4.74 Å². The van der Waals surface area contributed by atoms with Gasteiger partial charge in [-0.25, -0.2) is 4.31 Å². The molecule has 0 aliphatic carbocycles. The van der Waals surface area contributed by atoms with E-state index in [1.807, 2.05) is 11.9 Å². The van der Waals surface area contributed by atoms with E-state index in [1.54, 1.807) is 0 Å². The molecule has 0 saturated carbocycles. The number of nitrogens with one attached hydrogen (secondary N) is 1. The predicted molar refractivity (Wildman–Crippen MR) is 46.4 cm³/mol. The van der Waals surface area contributed by atoms with Crippen molar-refractivity contribution in [3.63, 3.8) is 0 Å². The third-order valence-corrected chi connectivity index (χ3v) is 3.27. The van der Waals surface area contributed by atoms with E-state index in [4.69, 9.17) is 4.74 Å². The Morgan fingerprint density at radius 1 is 1.55 bits per heavy atom. The molecule has 0 aromatic carbocycles. The van der Waals surface area contributed by atoms with Crippen LogP contribution < -0.4 is 5.32 Å². The highest BCUT2D eigenvalue weighted by molar-refractivity contribution is 7.97. The van der Waals surface area contributed by atoms with E-state index in [1.165, 1.54) is 18.7 Å². The Kier molecular flexibility index (Phi) is 2.68. The summed E-state index contributed by atoms with van der Waals surface area (Å²) >= 11 is 1.94. The van der Waals surface area contributed by atoms with Gasteiger partial charge in [-0.3, -0.25) is 5.32 Å². The number of rotatable bonds is 1. The standard InChI is InChI=1S/C7H14N2OS/c1-3-9(11-5-1)7-6-10-4-2-8-7/h7-8H,1-6H2. The highest BCUT2D eigenvalue weighted by Gasteiger charge is 2.24. The van der Waals surface area contributed by atoms with Crippen molar-refractivity contribution in [2.45, 2.75) is 12.6 Å². The van der Waals surface area contributed by atoms with Gasteiger partial charge >= 0.3 is 0 Å². The van der Waals surface area contributed by atoms with Gasteiger partial charge in [0, 0.05) is 18.8 Å². The molecule has 2 aliphatic heterocycles. The maximum Gasteiger partial charge on any atom is 0.0933 e. The molecule has 1 N–H and O–H groups in total. The predicted octanol–water partition coefficient (Wildman–Crippen LogP) is 0.286. The molecule has 0 spiro atoms. The minimum absolute atomic E-state index is 0.469. The number of morpholine rings is 1. The molecule has 4 heteroatoms. The van der Waals surface area contributed by atoms with Crippen molar-refractivity contribution in [3.05, 3.63) is 0 Å². The first-order valence-electron chi connectivity index (χ1n) is 4.17. The third kappa shape index (κ3) is 1.87. The first kappa shape index (κ1) is 7.86. The fourth-order valence-corrected chi connectivity index (χ4v) is 2.52. The second kappa shape index (κ2) is 3.76. The van der Waals surface area contributed by atoms with E-state index in [-0.39, 0.29) is 0 Å². The summed E-state index contributed by atoms with van der Waals surface area (Å²) in [4.78, 5) is 0. The minimum Gasteiger partial charge on any atom is -0.377 e. The molecule has 64 valence electrons. The van der Waals surface area contributed by atoms with Crippen LogP contribution in [0.15, 0.2) is 0 Å². The number of nitrogens with zero attached hydrogens (tertiary/aromatic N) is 1. The highest BCUT2D eigenvalue weighted by Crippen LogP contribution is 2.22. The van der Waals surface area contributed by atoms with Gasteiger partial charge in [-0.05, 0) is 6.42 Å². The SMILES string of the molecule is C1CSN(C2COCCN2)C1. The molecule has 0 bridgehead atoms. The van der Waals surface area contributed by atoms with Crippen molar-refractivity contribution in [2.24, 2.45) is 0 Å². The van der Waals surface area contributed by atoms with Gasteiger partial charge in [0.2, 0.25) is 0 Å². The molecule has 2 rings (SSSR count). The molecule has 3 nitrogen and oxygen atoms in total.